The molecule has 21 heavy (non-hydrogen) atoms. The average Bonchev–Trinajstić information content (AvgIpc) is 2.43. The van der Waals surface area contributed by atoms with Gasteiger partial charge in [0.15, 0.2) is 6.61 Å². The minimum atomic E-state index is -0.400. The molecule has 0 spiro atoms. The second-order valence-electron chi connectivity index (χ2n) is 5.30. The second kappa shape index (κ2) is 6.44. The van der Waals surface area contributed by atoms with Crippen molar-refractivity contribution in [2.75, 3.05) is 6.61 Å². The highest BCUT2D eigenvalue weighted by atomic mass is 16.6. The van der Waals surface area contributed by atoms with E-state index < -0.39 is 5.97 Å². The van der Waals surface area contributed by atoms with E-state index >= 15 is 0 Å². The van der Waals surface area contributed by atoms with Crippen LogP contribution in [0.15, 0.2) is 36.4 Å². The molecule has 110 valence electrons. The minimum absolute atomic E-state index is 0.0996. The SMILES string of the molecule is Cc1ccc(OC(=O)COc2cc(C)ccc2C)c(C)c1. The zero-order valence-electron chi connectivity index (χ0n) is 12.9. The number of benzene rings is 2. The molecule has 0 aliphatic heterocycles. The predicted octanol–water partition coefficient (Wildman–Crippen LogP) is 3.90. The fraction of sp³-hybridized carbons (Fsp3) is 0.278. The molecule has 3 heteroatoms. The molecule has 0 fully saturated rings. The summed E-state index contributed by atoms with van der Waals surface area (Å²) in [5, 5.41) is 0. The molecule has 0 unspecified atom stereocenters. The number of carbonyl (C=O) groups is 1. The lowest BCUT2D eigenvalue weighted by Crippen LogP contribution is -2.18. The van der Waals surface area contributed by atoms with Gasteiger partial charge < -0.3 is 9.47 Å². The van der Waals surface area contributed by atoms with Gasteiger partial charge in [0, 0.05) is 0 Å². The van der Waals surface area contributed by atoms with Crippen molar-refractivity contribution in [3.63, 3.8) is 0 Å². The van der Waals surface area contributed by atoms with Crippen molar-refractivity contribution in [1.82, 2.24) is 0 Å². The summed E-state index contributed by atoms with van der Waals surface area (Å²) in [7, 11) is 0. The van der Waals surface area contributed by atoms with Crippen LogP contribution in [-0.2, 0) is 4.79 Å². The van der Waals surface area contributed by atoms with Gasteiger partial charge in [-0.15, -0.1) is 0 Å². The van der Waals surface area contributed by atoms with Crippen LogP contribution in [0, 0.1) is 27.7 Å². The number of ether oxygens (including phenoxy) is 2. The number of rotatable bonds is 4. The molecule has 2 aromatic rings. The molecular formula is C18H20O3. The van der Waals surface area contributed by atoms with Gasteiger partial charge in [0.2, 0.25) is 0 Å². The van der Waals surface area contributed by atoms with Gasteiger partial charge in [-0.3, -0.25) is 0 Å². The van der Waals surface area contributed by atoms with Gasteiger partial charge in [0.1, 0.15) is 11.5 Å². The Labute approximate surface area is 125 Å². The highest BCUT2D eigenvalue weighted by molar-refractivity contribution is 5.74. The predicted molar refractivity (Wildman–Crippen MR) is 83.0 cm³/mol. The molecule has 0 bridgehead atoms. The van der Waals surface area contributed by atoms with Crippen molar-refractivity contribution in [2.24, 2.45) is 0 Å². The van der Waals surface area contributed by atoms with E-state index in [0.717, 1.165) is 22.3 Å². The zero-order chi connectivity index (χ0) is 15.4. The molecule has 0 aromatic heterocycles. The first-order chi connectivity index (χ1) is 9.95. The fourth-order valence-electron chi connectivity index (χ4n) is 2.07. The third-order valence-corrected chi connectivity index (χ3v) is 3.24. The lowest BCUT2D eigenvalue weighted by Gasteiger charge is -2.11. The minimum Gasteiger partial charge on any atom is -0.482 e. The topological polar surface area (TPSA) is 35.5 Å². The van der Waals surface area contributed by atoms with Crippen molar-refractivity contribution in [1.29, 1.82) is 0 Å². The van der Waals surface area contributed by atoms with E-state index in [9.17, 15) is 4.79 Å². The summed E-state index contributed by atoms with van der Waals surface area (Å²) in [4.78, 5) is 11.9. The summed E-state index contributed by atoms with van der Waals surface area (Å²) in [5.41, 5.74) is 4.17. The maximum atomic E-state index is 11.9. The monoisotopic (exact) mass is 284 g/mol. The van der Waals surface area contributed by atoms with Crippen LogP contribution in [0.25, 0.3) is 0 Å². The molecular weight excluding hydrogens is 264 g/mol. The summed E-state index contributed by atoms with van der Waals surface area (Å²) in [6.45, 7) is 7.76. The number of esters is 1. The first-order valence-electron chi connectivity index (χ1n) is 6.93. The van der Waals surface area contributed by atoms with E-state index in [0.29, 0.717) is 11.5 Å². The first kappa shape index (κ1) is 15.1. The van der Waals surface area contributed by atoms with Gasteiger partial charge in [0.25, 0.3) is 0 Å². The van der Waals surface area contributed by atoms with E-state index in [1.807, 2.05) is 58.0 Å². The second-order valence-corrected chi connectivity index (χ2v) is 5.30. The Morgan fingerprint density at radius 3 is 2.24 bits per heavy atom. The van der Waals surface area contributed by atoms with Gasteiger partial charge in [-0.05, 0) is 56.5 Å². The van der Waals surface area contributed by atoms with Crippen LogP contribution >= 0.6 is 0 Å². The van der Waals surface area contributed by atoms with Gasteiger partial charge in [-0.1, -0.05) is 29.8 Å². The smallest absolute Gasteiger partial charge is 0.349 e. The Bertz CT molecular complexity index is 660. The third-order valence-electron chi connectivity index (χ3n) is 3.24. The van der Waals surface area contributed by atoms with Crippen molar-refractivity contribution < 1.29 is 14.3 Å². The summed E-state index contributed by atoms with van der Waals surface area (Å²) in [6.07, 6.45) is 0. The Morgan fingerprint density at radius 2 is 1.52 bits per heavy atom. The maximum Gasteiger partial charge on any atom is 0.349 e. The third kappa shape index (κ3) is 4.09. The Morgan fingerprint density at radius 1 is 0.857 bits per heavy atom. The number of hydrogen-bond donors (Lipinski definition) is 0. The van der Waals surface area contributed by atoms with Crippen LogP contribution in [0.1, 0.15) is 22.3 Å². The number of hydrogen-bond acceptors (Lipinski definition) is 3. The van der Waals surface area contributed by atoms with Crippen LogP contribution in [0.2, 0.25) is 0 Å². The molecule has 0 amide bonds. The zero-order valence-corrected chi connectivity index (χ0v) is 12.9. The highest BCUT2D eigenvalue weighted by Gasteiger charge is 2.09. The van der Waals surface area contributed by atoms with Crippen LogP contribution in [0.4, 0.5) is 0 Å². The Hall–Kier alpha value is -2.29. The molecule has 0 N–H and O–H groups in total. The van der Waals surface area contributed by atoms with Crippen LogP contribution in [0.5, 0.6) is 11.5 Å². The van der Waals surface area contributed by atoms with Gasteiger partial charge in [-0.2, -0.15) is 0 Å². The van der Waals surface area contributed by atoms with Crippen LogP contribution in [-0.4, -0.2) is 12.6 Å². The molecule has 0 radical (unpaired) electrons. The van der Waals surface area contributed by atoms with Gasteiger partial charge >= 0.3 is 5.97 Å². The number of aryl methyl sites for hydroxylation is 4. The van der Waals surface area contributed by atoms with Crippen molar-refractivity contribution in [2.45, 2.75) is 27.7 Å². The molecule has 0 aliphatic rings. The van der Waals surface area contributed by atoms with E-state index in [1.54, 1.807) is 6.07 Å². The molecule has 0 heterocycles. The average molecular weight is 284 g/mol. The normalized spacial score (nSPS) is 10.3. The van der Waals surface area contributed by atoms with Crippen molar-refractivity contribution in [3.05, 3.63) is 58.7 Å². The molecule has 0 saturated carbocycles. The lowest BCUT2D eigenvalue weighted by molar-refractivity contribution is -0.136. The van der Waals surface area contributed by atoms with E-state index in [2.05, 4.69) is 0 Å². The summed E-state index contributed by atoms with van der Waals surface area (Å²) in [5.74, 6) is 0.894. The van der Waals surface area contributed by atoms with Gasteiger partial charge in [0.05, 0.1) is 0 Å². The van der Waals surface area contributed by atoms with E-state index in [1.165, 1.54) is 0 Å². The summed E-state index contributed by atoms with van der Waals surface area (Å²) in [6, 6.07) is 11.6. The molecule has 2 aromatic carbocycles. The molecule has 0 saturated heterocycles. The molecule has 3 nitrogen and oxygen atoms in total. The van der Waals surface area contributed by atoms with Crippen LogP contribution < -0.4 is 9.47 Å². The molecule has 2 rings (SSSR count). The molecule has 0 atom stereocenters. The Balaban J connectivity index is 1.97. The number of carbonyl (C=O) groups excluding carboxylic acids is 1. The van der Waals surface area contributed by atoms with Crippen molar-refractivity contribution >= 4 is 5.97 Å². The lowest BCUT2D eigenvalue weighted by atomic mass is 10.1. The van der Waals surface area contributed by atoms with E-state index in [-0.39, 0.29) is 6.61 Å². The summed E-state index contributed by atoms with van der Waals surface area (Å²) >= 11 is 0. The van der Waals surface area contributed by atoms with Gasteiger partial charge in [-0.25, -0.2) is 4.79 Å². The Kier molecular flexibility index (Phi) is 4.63. The van der Waals surface area contributed by atoms with E-state index in [4.69, 9.17) is 9.47 Å². The first-order valence-corrected chi connectivity index (χ1v) is 6.93. The summed E-state index contributed by atoms with van der Waals surface area (Å²) < 4.78 is 10.9. The maximum absolute atomic E-state index is 11.9. The molecule has 0 aliphatic carbocycles. The standard InChI is InChI=1S/C18H20O3/c1-12-6-8-16(15(4)9-12)21-18(19)11-20-17-10-13(2)5-7-14(17)3/h5-10H,11H2,1-4H3. The fourth-order valence-corrected chi connectivity index (χ4v) is 2.07. The highest BCUT2D eigenvalue weighted by Crippen LogP contribution is 2.21. The largest absolute Gasteiger partial charge is 0.482 e. The van der Waals surface area contributed by atoms with Crippen LogP contribution in [0.3, 0.4) is 0 Å². The van der Waals surface area contributed by atoms with Crippen molar-refractivity contribution in [3.8, 4) is 11.5 Å². The quantitative estimate of drug-likeness (QED) is 0.631.